The van der Waals surface area contributed by atoms with E-state index in [1.54, 1.807) is 7.11 Å². The summed E-state index contributed by atoms with van der Waals surface area (Å²) in [7, 11) is 1.61. The van der Waals surface area contributed by atoms with E-state index in [0.29, 0.717) is 18.0 Å². The highest BCUT2D eigenvalue weighted by Crippen LogP contribution is 2.23. The van der Waals surface area contributed by atoms with Crippen molar-refractivity contribution in [1.82, 2.24) is 0 Å². The average molecular weight is 247 g/mol. The summed E-state index contributed by atoms with van der Waals surface area (Å²) in [6, 6.07) is 11.5. The number of anilines is 1. The molecule has 2 aromatic carbocycles. The third kappa shape index (κ3) is 2.91. The first-order valence-electron chi connectivity index (χ1n) is 5.50. The second-order valence-electron chi connectivity index (χ2n) is 3.82. The average Bonchev–Trinajstić information content (AvgIpc) is 2.40. The van der Waals surface area contributed by atoms with E-state index in [4.69, 9.17) is 15.2 Å². The van der Waals surface area contributed by atoms with E-state index >= 15 is 0 Å². The minimum absolute atomic E-state index is 0.331. The molecule has 2 aromatic rings. The van der Waals surface area contributed by atoms with E-state index in [0.717, 1.165) is 11.3 Å². The van der Waals surface area contributed by atoms with Gasteiger partial charge < -0.3 is 15.2 Å². The third-order valence-electron chi connectivity index (χ3n) is 2.53. The Hall–Kier alpha value is -2.23. The predicted molar refractivity (Wildman–Crippen MR) is 68.1 cm³/mol. The number of ether oxygens (including phenoxy) is 2. The van der Waals surface area contributed by atoms with Crippen LogP contribution in [0.15, 0.2) is 42.5 Å². The van der Waals surface area contributed by atoms with E-state index in [1.165, 1.54) is 18.2 Å². The molecule has 18 heavy (non-hydrogen) atoms. The molecule has 4 heteroatoms. The summed E-state index contributed by atoms with van der Waals surface area (Å²) >= 11 is 0. The molecule has 0 bridgehead atoms. The molecular formula is C14H14FNO2. The largest absolute Gasteiger partial charge is 0.497 e. The summed E-state index contributed by atoms with van der Waals surface area (Å²) in [5, 5.41) is 0. The molecule has 0 heterocycles. The summed E-state index contributed by atoms with van der Waals surface area (Å²) in [5.74, 6) is 0.767. The number of benzene rings is 2. The van der Waals surface area contributed by atoms with Crippen LogP contribution in [-0.4, -0.2) is 7.11 Å². The zero-order valence-corrected chi connectivity index (χ0v) is 10.0. The molecule has 0 unspecified atom stereocenters. The second-order valence-corrected chi connectivity index (χ2v) is 3.82. The van der Waals surface area contributed by atoms with Crippen LogP contribution in [0.2, 0.25) is 0 Å². The van der Waals surface area contributed by atoms with E-state index in [9.17, 15) is 4.39 Å². The molecule has 94 valence electrons. The van der Waals surface area contributed by atoms with Crippen molar-refractivity contribution in [1.29, 1.82) is 0 Å². The summed E-state index contributed by atoms with van der Waals surface area (Å²) in [4.78, 5) is 0. The Morgan fingerprint density at radius 2 is 1.83 bits per heavy atom. The molecule has 2 rings (SSSR count). The van der Waals surface area contributed by atoms with Gasteiger partial charge in [0.2, 0.25) is 0 Å². The lowest BCUT2D eigenvalue weighted by atomic mass is 10.2. The van der Waals surface area contributed by atoms with Crippen LogP contribution < -0.4 is 15.2 Å². The van der Waals surface area contributed by atoms with Gasteiger partial charge in [-0.25, -0.2) is 4.39 Å². The second kappa shape index (κ2) is 5.40. The van der Waals surface area contributed by atoms with E-state index < -0.39 is 0 Å². The van der Waals surface area contributed by atoms with Crippen LogP contribution in [0.4, 0.5) is 10.1 Å². The van der Waals surface area contributed by atoms with Crippen LogP contribution in [0.25, 0.3) is 0 Å². The highest BCUT2D eigenvalue weighted by Gasteiger charge is 2.03. The molecule has 0 aliphatic rings. The number of halogens is 1. The van der Waals surface area contributed by atoms with Gasteiger partial charge in [0.05, 0.1) is 12.8 Å². The zero-order valence-electron chi connectivity index (χ0n) is 10.0. The number of rotatable bonds is 4. The van der Waals surface area contributed by atoms with Gasteiger partial charge in [-0.1, -0.05) is 12.1 Å². The number of methoxy groups -OCH3 is 1. The van der Waals surface area contributed by atoms with Crippen molar-refractivity contribution >= 4 is 5.69 Å². The lowest BCUT2D eigenvalue weighted by Gasteiger charge is -2.09. The molecule has 0 aliphatic heterocycles. The van der Waals surface area contributed by atoms with Gasteiger partial charge in [0.1, 0.15) is 23.9 Å². The number of hydrogen-bond donors (Lipinski definition) is 1. The van der Waals surface area contributed by atoms with Gasteiger partial charge >= 0.3 is 0 Å². The van der Waals surface area contributed by atoms with Crippen LogP contribution >= 0.6 is 0 Å². The Labute approximate surface area is 105 Å². The first kappa shape index (κ1) is 12.2. The highest BCUT2D eigenvalue weighted by molar-refractivity contribution is 5.52. The molecule has 0 fully saturated rings. The smallest absolute Gasteiger partial charge is 0.145 e. The van der Waals surface area contributed by atoms with Crippen molar-refractivity contribution in [2.24, 2.45) is 0 Å². The molecule has 0 saturated heterocycles. The molecule has 0 radical (unpaired) electrons. The van der Waals surface area contributed by atoms with E-state index in [2.05, 4.69) is 0 Å². The van der Waals surface area contributed by atoms with Crippen molar-refractivity contribution < 1.29 is 13.9 Å². The zero-order chi connectivity index (χ0) is 13.0. The molecule has 2 N–H and O–H groups in total. The van der Waals surface area contributed by atoms with Gasteiger partial charge in [0, 0.05) is 6.07 Å². The van der Waals surface area contributed by atoms with Crippen LogP contribution in [0, 0.1) is 5.82 Å². The van der Waals surface area contributed by atoms with Gasteiger partial charge in [0.25, 0.3) is 0 Å². The maximum absolute atomic E-state index is 13.0. The van der Waals surface area contributed by atoms with Crippen molar-refractivity contribution in [2.75, 3.05) is 12.8 Å². The summed E-state index contributed by atoms with van der Waals surface area (Å²) in [5.41, 5.74) is 7.07. The van der Waals surface area contributed by atoms with Crippen LogP contribution in [0.5, 0.6) is 11.5 Å². The lowest BCUT2D eigenvalue weighted by molar-refractivity contribution is 0.306. The molecular weight excluding hydrogens is 233 g/mol. The van der Waals surface area contributed by atoms with Crippen molar-refractivity contribution in [3.8, 4) is 11.5 Å². The summed E-state index contributed by atoms with van der Waals surface area (Å²) in [6.07, 6.45) is 0. The Balaban J connectivity index is 2.04. The van der Waals surface area contributed by atoms with E-state index in [-0.39, 0.29) is 5.82 Å². The Kier molecular flexibility index (Phi) is 3.67. The van der Waals surface area contributed by atoms with Gasteiger partial charge in [-0.05, 0) is 29.8 Å². The third-order valence-corrected chi connectivity index (χ3v) is 2.53. The highest BCUT2D eigenvalue weighted by atomic mass is 19.1. The first-order valence-corrected chi connectivity index (χ1v) is 5.50. The Bertz CT molecular complexity index is 526. The maximum atomic E-state index is 13.0. The van der Waals surface area contributed by atoms with Crippen LogP contribution in [-0.2, 0) is 6.61 Å². The van der Waals surface area contributed by atoms with Gasteiger partial charge in [-0.2, -0.15) is 0 Å². The standard InChI is InChI=1S/C14H14FNO2/c1-17-12-5-2-10(3-6-12)9-18-14-8-11(15)4-7-13(14)16/h2-8H,9,16H2,1H3. The van der Waals surface area contributed by atoms with Gasteiger partial charge in [-0.3, -0.25) is 0 Å². The molecule has 0 aliphatic carbocycles. The minimum atomic E-state index is -0.367. The SMILES string of the molecule is COc1ccc(COc2cc(F)ccc2N)cc1. The van der Waals surface area contributed by atoms with E-state index in [1.807, 2.05) is 24.3 Å². The number of nitrogens with two attached hydrogens (primary N) is 1. The van der Waals surface area contributed by atoms with Gasteiger partial charge in [0.15, 0.2) is 0 Å². The van der Waals surface area contributed by atoms with Crippen LogP contribution in [0.3, 0.4) is 0 Å². The molecule has 0 amide bonds. The fraction of sp³-hybridized carbons (Fsp3) is 0.143. The van der Waals surface area contributed by atoms with Gasteiger partial charge in [-0.15, -0.1) is 0 Å². The number of hydrogen-bond acceptors (Lipinski definition) is 3. The molecule has 0 aromatic heterocycles. The molecule has 0 spiro atoms. The van der Waals surface area contributed by atoms with Crippen LogP contribution in [0.1, 0.15) is 5.56 Å². The normalized spacial score (nSPS) is 10.1. The minimum Gasteiger partial charge on any atom is -0.497 e. The number of nitrogen functional groups attached to an aromatic ring is 1. The predicted octanol–water partition coefficient (Wildman–Crippen LogP) is 3.00. The quantitative estimate of drug-likeness (QED) is 0.845. The maximum Gasteiger partial charge on any atom is 0.145 e. The fourth-order valence-electron chi connectivity index (χ4n) is 1.52. The molecule has 3 nitrogen and oxygen atoms in total. The molecule has 0 saturated carbocycles. The fourth-order valence-corrected chi connectivity index (χ4v) is 1.52. The lowest BCUT2D eigenvalue weighted by Crippen LogP contribution is -1.99. The van der Waals surface area contributed by atoms with Crippen molar-refractivity contribution in [2.45, 2.75) is 6.61 Å². The van der Waals surface area contributed by atoms with Crippen molar-refractivity contribution in [3.63, 3.8) is 0 Å². The molecule has 0 atom stereocenters. The first-order chi connectivity index (χ1) is 8.69. The monoisotopic (exact) mass is 247 g/mol. The Morgan fingerprint density at radius 1 is 1.11 bits per heavy atom. The Morgan fingerprint density at radius 3 is 2.50 bits per heavy atom. The summed E-state index contributed by atoms with van der Waals surface area (Å²) in [6.45, 7) is 0.331. The topological polar surface area (TPSA) is 44.5 Å². The summed E-state index contributed by atoms with van der Waals surface area (Å²) < 4.78 is 23.5. The van der Waals surface area contributed by atoms with Crippen molar-refractivity contribution in [3.05, 3.63) is 53.8 Å².